The number of unbranched alkanes of at least 4 members (excludes halogenated alkanes) is 1. The van der Waals surface area contributed by atoms with Gasteiger partial charge in [-0.15, -0.1) is 0 Å². The Hall–Kier alpha value is -3.77. The molecule has 5 N–H and O–H groups in total. The Labute approximate surface area is 222 Å². The molecule has 38 heavy (non-hydrogen) atoms. The SMILES string of the molecule is CCCCOC(O)CNC(=O)c1ccc(NC2=Nc3ccccc3NC2NS(=O)(=O)c2ccccc2)cc1. The van der Waals surface area contributed by atoms with E-state index in [1.807, 2.05) is 31.2 Å². The normalized spacial score (nSPS) is 15.5. The summed E-state index contributed by atoms with van der Waals surface area (Å²) in [6.45, 7) is 2.43. The van der Waals surface area contributed by atoms with Gasteiger partial charge in [0.25, 0.3) is 5.91 Å². The number of carbonyl (C=O) groups excluding carboxylic acids is 1. The minimum atomic E-state index is -3.84. The van der Waals surface area contributed by atoms with Crippen LogP contribution >= 0.6 is 0 Å². The van der Waals surface area contributed by atoms with E-state index in [-0.39, 0.29) is 17.3 Å². The molecular weight excluding hydrogens is 506 g/mol. The molecular formula is C27H31N5O5S. The third-order valence-electron chi connectivity index (χ3n) is 5.71. The number of aliphatic hydroxyl groups is 1. The number of ether oxygens (including phenoxy) is 1. The van der Waals surface area contributed by atoms with Crippen LogP contribution in [0.5, 0.6) is 0 Å². The van der Waals surface area contributed by atoms with Crippen LogP contribution in [0.2, 0.25) is 0 Å². The standard InChI is InChI=1S/C27H31N5O5S/c1-2-3-17-37-24(33)18-28-27(34)19-13-15-20(16-14-19)29-25-26(31-23-12-8-7-11-22(23)30-25)32-38(35,36)21-9-5-4-6-10-21/h4-16,24,26,31-33H,2-3,17-18H2,1H3,(H,28,34)(H,29,30). The number of anilines is 2. The second-order valence-electron chi connectivity index (χ2n) is 8.62. The van der Waals surface area contributed by atoms with Crippen molar-refractivity contribution >= 4 is 38.8 Å². The van der Waals surface area contributed by atoms with Gasteiger partial charge in [-0.1, -0.05) is 43.7 Å². The second kappa shape index (κ2) is 12.7. The molecule has 2 unspecified atom stereocenters. The fourth-order valence-electron chi connectivity index (χ4n) is 3.68. The zero-order chi connectivity index (χ0) is 27.0. The van der Waals surface area contributed by atoms with Gasteiger partial charge in [-0.05, 0) is 55.0 Å². The van der Waals surface area contributed by atoms with E-state index in [2.05, 4.69) is 25.7 Å². The molecule has 1 aliphatic rings. The molecule has 0 radical (unpaired) electrons. The van der Waals surface area contributed by atoms with Gasteiger partial charge >= 0.3 is 0 Å². The van der Waals surface area contributed by atoms with Gasteiger partial charge in [0, 0.05) is 17.9 Å². The zero-order valence-corrected chi connectivity index (χ0v) is 21.7. The Bertz CT molecular complexity index is 1360. The average molecular weight is 538 g/mol. The molecule has 1 aliphatic heterocycles. The number of para-hydroxylation sites is 2. The highest BCUT2D eigenvalue weighted by molar-refractivity contribution is 7.89. The summed E-state index contributed by atoms with van der Waals surface area (Å²) in [5, 5.41) is 18.8. The van der Waals surface area contributed by atoms with E-state index in [9.17, 15) is 18.3 Å². The predicted molar refractivity (Wildman–Crippen MR) is 147 cm³/mol. The number of nitrogens with one attached hydrogen (secondary N) is 4. The quantitative estimate of drug-likeness (QED) is 0.186. The zero-order valence-electron chi connectivity index (χ0n) is 20.9. The van der Waals surface area contributed by atoms with Crippen LogP contribution in [0.15, 0.2) is 88.8 Å². The van der Waals surface area contributed by atoms with Gasteiger partial charge in [0.1, 0.15) is 12.0 Å². The van der Waals surface area contributed by atoms with E-state index in [4.69, 9.17) is 4.74 Å². The molecule has 0 aliphatic carbocycles. The van der Waals surface area contributed by atoms with Crippen LogP contribution in [0.3, 0.4) is 0 Å². The van der Waals surface area contributed by atoms with Gasteiger partial charge in [0.15, 0.2) is 6.29 Å². The van der Waals surface area contributed by atoms with Gasteiger partial charge in [0.05, 0.1) is 22.8 Å². The van der Waals surface area contributed by atoms with E-state index in [1.54, 1.807) is 42.5 Å². The van der Waals surface area contributed by atoms with E-state index < -0.39 is 22.5 Å². The molecule has 3 aromatic rings. The highest BCUT2D eigenvalue weighted by Crippen LogP contribution is 2.29. The highest BCUT2D eigenvalue weighted by atomic mass is 32.2. The van der Waals surface area contributed by atoms with Crippen molar-refractivity contribution in [1.82, 2.24) is 10.0 Å². The lowest BCUT2D eigenvalue weighted by Gasteiger charge is -2.28. The summed E-state index contributed by atoms with van der Waals surface area (Å²) in [6, 6.07) is 22.0. The molecule has 0 spiro atoms. The van der Waals surface area contributed by atoms with Crippen LogP contribution in [0.25, 0.3) is 0 Å². The van der Waals surface area contributed by atoms with Crippen molar-refractivity contribution in [2.45, 2.75) is 37.1 Å². The lowest BCUT2D eigenvalue weighted by Crippen LogP contribution is -2.50. The Balaban J connectivity index is 1.45. The molecule has 0 saturated heterocycles. The summed E-state index contributed by atoms with van der Waals surface area (Å²) in [4.78, 5) is 17.2. The van der Waals surface area contributed by atoms with Crippen LogP contribution in [-0.4, -0.2) is 50.9 Å². The van der Waals surface area contributed by atoms with Crippen LogP contribution in [0.1, 0.15) is 30.1 Å². The van der Waals surface area contributed by atoms with Gasteiger partial charge in [-0.2, -0.15) is 4.72 Å². The van der Waals surface area contributed by atoms with E-state index in [0.29, 0.717) is 35.1 Å². The molecule has 200 valence electrons. The highest BCUT2D eigenvalue weighted by Gasteiger charge is 2.28. The molecule has 4 rings (SSSR count). The molecule has 2 atom stereocenters. The van der Waals surface area contributed by atoms with Gasteiger partial charge in [0.2, 0.25) is 10.0 Å². The van der Waals surface area contributed by atoms with Crippen molar-refractivity contribution in [2.75, 3.05) is 23.8 Å². The van der Waals surface area contributed by atoms with Gasteiger partial charge < -0.3 is 25.8 Å². The van der Waals surface area contributed by atoms with E-state index >= 15 is 0 Å². The maximum Gasteiger partial charge on any atom is 0.251 e. The van der Waals surface area contributed by atoms with Crippen LogP contribution < -0.4 is 20.7 Å². The first-order valence-electron chi connectivity index (χ1n) is 12.3. The Morgan fingerprint density at radius 1 is 1.05 bits per heavy atom. The Morgan fingerprint density at radius 3 is 2.50 bits per heavy atom. The number of rotatable bonds is 11. The lowest BCUT2D eigenvalue weighted by molar-refractivity contribution is -0.0953. The summed E-state index contributed by atoms with van der Waals surface area (Å²) >= 11 is 0. The van der Waals surface area contributed by atoms with Crippen LogP contribution in [0.4, 0.5) is 17.1 Å². The first-order chi connectivity index (χ1) is 18.4. The Kier molecular flexibility index (Phi) is 9.08. The number of aliphatic hydroxyl groups excluding tert-OH is 1. The minimum absolute atomic E-state index is 0.0202. The van der Waals surface area contributed by atoms with Crippen LogP contribution in [-0.2, 0) is 14.8 Å². The molecule has 1 heterocycles. The number of sulfonamides is 1. The summed E-state index contributed by atoms with van der Waals surface area (Å²) < 4.78 is 33.9. The molecule has 0 saturated carbocycles. The van der Waals surface area contributed by atoms with Crippen molar-refractivity contribution in [3.63, 3.8) is 0 Å². The number of amidine groups is 1. The number of nitrogens with zero attached hydrogens (tertiary/aromatic N) is 1. The smallest absolute Gasteiger partial charge is 0.251 e. The maximum atomic E-state index is 13.0. The van der Waals surface area contributed by atoms with Crippen molar-refractivity contribution in [3.8, 4) is 0 Å². The number of carbonyl (C=O) groups is 1. The van der Waals surface area contributed by atoms with Crippen molar-refractivity contribution in [3.05, 3.63) is 84.4 Å². The molecule has 11 heteroatoms. The number of aliphatic imine (C=N–C) groups is 1. The Morgan fingerprint density at radius 2 is 1.76 bits per heavy atom. The monoisotopic (exact) mass is 537 g/mol. The van der Waals surface area contributed by atoms with Gasteiger partial charge in [-0.25, -0.2) is 13.4 Å². The topological polar surface area (TPSA) is 141 Å². The largest absolute Gasteiger partial charge is 0.366 e. The van der Waals surface area contributed by atoms with Crippen molar-refractivity contribution in [1.29, 1.82) is 0 Å². The second-order valence-corrected chi connectivity index (χ2v) is 10.3. The number of hydrogen-bond donors (Lipinski definition) is 5. The first-order valence-corrected chi connectivity index (χ1v) is 13.8. The molecule has 1 amide bonds. The first kappa shape index (κ1) is 27.3. The molecule has 3 aromatic carbocycles. The molecule has 0 aromatic heterocycles. The minimum Gasteiger partial charge on any atom is -0.366 e. The van der Waals surface area contributed by atoms with Gasteiger partial charge in [-0.3, -0.25) is 4.79 Å². The van der Waals surface area contributed by atoms with E-state index in [1.165, 1.54) is 12.1 Å². The molecule has 10 nitrogen and oxygen atoms in total. The summed E-state index contributed by atoms with van der Waals surface area (Å²) in [5.74, 6) is -0.0125. The number of fused-ring (bicyclic) bond motifs is 1. The fourth-order valence-corrected chi connectivity index (χ4v) is 4.81. The third-order valence-corrected chi connectivity index (χ3v) is 7.15. The summed E-state index contributed by atoms with van der Waals surface area (Å²) in [6.07, 6.45) is -0.149. The number of amides is 1. The van der Waals surface area contributed by atoms with E-state index in [0.717, 1.165) is 12.8 Å². The van der Waals surface area contributed by atoms with Crippen molar-refractivity contribution in [2.24, 2.45) is 4.99 Å². The number of benzene rings is 3. The molecule has 0 bridgehead atoms. The summed E-state index contributed by atoms with van der Waals surface area (Å²) in [7, 11) is -3.84. The summed E-state index contributed by atoms with van der Waals surface area (Å²) in [5.41, 5.74) is 2.34. The fraction of sp³-hybridized carbons (Fsp3) is 0.259. The maximum absolute atomic E-state index is 13.0. The molecule has 0 fully saturated rings. The number of hydrogen-bond acceptors (Lipinski definition) is 8. The lowest BCUT2D eigenvalue weighted by atomic mass is 10.2. The average Bonchev–Trinajstić information content (AvgIpc) is 2.93. The van der Waals surface area contributed by atoms with Crippen LogP contribution in [0, 0.1) is 0 Å². The van der Waals surface area contributed by atoms with Crippen molar-refractivity contribution < 1.29 is 23.1 Å². The third kappa shape index (κ3) is 7.17. The predicted octanol–water partition coefficient (Wildman–Crippen LogP) is 3.42.